The maximum Gasteiger partial charge on any atom is 0.274 e. The summed E-state index contributed by atoms with van der Waals surface area (Å²) in [6.45, 7) is 3.61. The summed E-state index contributed by atoms with van der Waals surface area (Å²) < 4.78 is 0. The van der Waals surface area contributed by atoms with Crippen LogP contribution in [0.4, 0.5) is 5.69 Å². The first-order valence-corrected chi connectivity index (χ1v) is 7.72. The van der Waals surface area contributed by atoms with E-state index in [1.807, 2.05) is 19.9 Å². The highest BCUT2D eigenvalue weighted by atomic mass is 16.6. The number of para-hydroxylation sites is 1. The van der Waals surface area contributed by atoms with Crippen LogP contribution in [0.1, 0.15) is 27.0 Å². The number of aryl methyl sites for hydroxylation is 2. The van der Waals surface area contributed by atoms with Gasteiger partial charge in [0.1, 0.15) is 0 Å². The van der Waals surface area contributed by atoms with Crippen LogP contribution in [0.25, 0.3) is 0 Å². The summed E-state index contributed by atoms with van der Waals surface area (Å²) in [6.07, 6.45) is 0. The summed E-state index contributed by atoms with van der Waals surface area (Å²) in [7, 11) is 0. The van der Waals surface area contributed by atoms with Crippen LogP contribution in [0.3, 0.4) is 0 Å². The number of rotatable bonds is 6. The smallest absolute Gasteiger partial charge is 0.274 e. The van der Waals surface area contributed by atoms with Gasteiger partial charge in [-0.25, -0.2) is 0 Å². The Labute approximate surface area is 145 Å². The van der Waals surface area contributed by atoms with Crippen LogP contribution in [0.5, 0.6) is 0 Å². The third-order valence-electron chi connectivity index (χ3n) is 3.56. The van der Waals surface area contributed by atoms with E-state index in [0.717, 1.165) is 11.1 Å². The highest BCUT2D eigenvalue weighted by Gasteiger charge is 2.13. The van der Waals surface area contributed by atoms with E-state index in [2.05, 4.69) is 10.6 Å². The van der Waals surface area contributed by atoms with Crippen LogP contribution >= 0.6 is 0 Å². The molecule has 2 aromatic carbocycles. The van der Waals surface area contributed by atoms with E-state index in [1.165, 1.54) is 6.07 Å². The summed E-state index contributed by atoms with van der Waals surface area (Å²) in [5.41, 5.74) is 2.77. The molecule has 0 atom stereocenters. The van der Waals surface area contributed by atoms with E-state index in [9.17, 15) is 19.7 Å². The standard InChI is InChI=1S/C18H19N3O4/c1-12-7-13(2)9-15(8-12)18(23)20-11-17(22)19-10-14-5-3-4-6-16(14)21(24)25/h3-9H,10-11H2,1-2H3,(H,19,22)(H,20,23). The Morgan fingerprint density at radius 3 is 2.32 bits per heavy atom. The number of nitro groups is 1. The van der Waals surface area contributed by atoms with Crippen LogP contribution in [-0.2, 0) is 11.3 Å². The second-order valence-corrected chi connectivity index (χ2v) is 5.72. The maximum absolute atomic E-state index is 12.1. The highest BCUT2D eigenvalue weighted by molar-refractivity contribution is 5.96. The molecule has 0 saturated heterocycles. The zero-order valence-electron chi connectivity index (χ0n) is 14.0. The fraction of sp³-hybridized carbons (Fsp3) is 0.222. The van der Waals surface area contributed by atoms with Gasteiger partial charge in [0.15, 0.2) is 0 Å². The third kappa shape index (κ3) is 5.13. The van der Waals surface area contributed by atoms with Crippen molar-refractivity contribution in [3.05, 3.63) is 74.8 Å². The monoisotopic (exact) mass is 341 g/mol. The molecule has 2 N–H and O–H groups in total. The molecule has 0 aliphatic heterocycles. The van der Waals surface area contributed by atoms with Gasteiger partial charge in [0, 0.05) is 23.7 Å². The van der Waals surface area contributed by atoms with Crippen molar-refractivity contribution < 1.29 is 14.5 Å². The molecule has 2 aromatic rings. The van der Waals surface area contributed by atoms with Gasteiger partial charge in [0.05, 0.1) is 11.5 Å². The summed E-state index contributed by atoms with van der Waals surface area (Å²) in [5, 5.41) is 16.0. The second kappa shape index (κ2) is 8.05. The number of carbonyl (C=O) groups excluding carboxylic acids is 2. The Morgan fingerprint density at radius 1 is 1.04 bits per heavy atom. The van der Waals surface area contributed by atoms with Gasteiger partial charge in [-0.1, -0.05) is 35.4 Å². The number of carbonyl (C=O) groups is 2. The number of nitrogens with one attached hydrogen (secondary N) is 2. The van der Waals surface area contributed by atoms with E-state index in [4.69, 9.17) is 0 Å². The second-order valence-electron chi connectivity index (χ2n) is 5.72. The maximum atomic E-state index is 12.1. The van der Waals surface area contributed by atoms with Gasteiger partial charge in [0.25, 0.3) is 11.6 Å². The molecule has 7 heteroatoms. The molecule has 0 bridgehead atoms. The fourth-order valence-electron chi connectivity index (χ4n) is 2.46. The average molecular weight is 341 g/mol. The Bertz CT molecular complexity index is 797. The van der Waals surface area contributed by atoms with Gasteiger partial charge >= 0.3 is 0 Å². The number of hydrogen-bond donors (Lipinski definition) is 2. The van der Waals surface area contributed by atoms with Crippen LogP contribution in [-0.4, -0.2) is 23.3 Å². The zero-order valence-corrected chi connectivity index (χ0v) is 14.0. The quantitative estimate of drug-likeness (QED) is 0.621. The predicted molar refractivity (Wildman–Crippen MR) is 93.2 cm³/mol. The number of hydrogen-bond acceptors (Lipinski definition) is 4. The van der Waals surface area contributed by atoms with Gasteiger partial charge < -0.3 is 10.6 Å². The number of nitro benzene ring substituents is 1. The molecular weight excluding hydrogens is 322 g/mol. The van der Waals surface area contributed by atoms with Crippen LogP contribution < -0.4 is 10.6 Å². The van der Waals surface area contributed by atoms with E-state index in [-0.39, 0.29) is 24.7 Å². The minimum atomic E-state index is -0.497. The summed E-state index contributed by atoms with van der Waals surface area (Å²) >= 11 is 0. The number of benzene rings is 2. The van der Waals surface area contributed by atoms with Crippen molar-refractivity contribution in [2.75, 3.05) is 6.54 Å². The summed E-state index contributed by atoms with van der Waals surface area (Å²) in [5.74, 6) is -0.761. The summed E-state index contributed by atoms with van der Waals surface area (Å²) in [6, 6.07) is 11.6. The molecule has 130 valence electrons. The lowest BCUT2D eigenvalue weighted by Crippen LogP contribution is -2.36. The van der Waals surface area contributed by atoms with Crippen molar-refractivity contribution in [3.8, 4) is 0 Å². The summed E-state index contributed by atoms with van der Waals surface area (Å²) in [4.78, 5) is 34.4. The molecule has 0 aromatic heterocycles. The topological polar surface area (TPSA) is 101 Å². The normalized spacial score (nSPS) is 10.2. The average Bonchev–Trinajstić information content (AvgIpc) is 2.57. The van der Waals surface area contributed by atoms with Crippen molar-refractivity contribution >= 4 is 17.5 Å². The molecule has 0 aliphatic rings. The molecule has 0 spiro atoms. The third-order valence-corrected chi connectivity index (χ3v) is 3.56. The molecule has 25 heavy (non-hydrogen) atoms. The molecule has 0 fully saturated rings. The molecule has 0 aliphatic carbocycles. The van der Waals surface area contributed by atoms with Gasteiger partial charge in [0.2, 0.25) is 5.91 Å². The van der Waals surface area contributed by atoms with Gasteiger partial charge in [-0.2, -0.15) is 0 Å². The van der Waals surface area contributed by atoms with Crippen molar-refractivity contribution in [2.24, 2.45) is 0 Å². The minimum absolute atomic E-state index is 0.0232. The molecule has 0 saturated carbocycles. The Morgan fingerprint density at radius 2 is 1.68 bits per heavy atom. The SMILES string of the molecule is Cc1cc(C)cc(C(=O)NCC(=O)NCc2ccccc2[N+](=O)[O-])c1. The zero-order chi connectivity index (χ0) is 18.4. The number of amides is 2. The van der Waals surface area contributed by atoms with Gasteiger partial charge in [-0.05, 0) is 26.0 Å². The lowest BCUT2D eigenvalue weighted by Gasteiger charge is -2.08. The Kier molecular flexibility index (Phi) is 5.84. The molecule has 0 radical (unpaired) electrons. The van der Waals surface area contributed by atoms with Crippen molar-refractivity contribution in [1.29, 1.82) is 0 Å². The van der Waals surface area contributed by atoms with E-state index in [1.54, 1.807) is 30.3 Å². The minimum Gasteiger partial charge on any atom is -0.350 e. The predicted octanol–water partition coefficient (Wildman–Crippen LogP) is 2.26. The van der Waals surface area contributed by atoms with Crippen molar-refractivity contribution in [3.63, 3.8) is 0 Å². The first kappa shape index (κ1) is 18.1. The van der Waals surface area contributed by atoms with Gasteiger partial charge in [-0.15, -0.1) is 0 Å². The van der Waals surface area contributed by atoms with E-state index in [0.29, 0.717) is 11.1 Å². The molecule has 0 heterocycles. The van der Waals surface area contributed by atoms with E-state index >= 15 is 0 Å². The number of nitrogens with zero attached hydrogens (tertiary/aromatic N) is 1. The van der Waals surface area contributed by atoms with Gasteiger partial charge in [-0.3, -0.25) is 19.7 Å². The molecular formula is C18H19N3O4. The highest BCUT2D eigenvalue weighted by Crippen LogP contribution is 2.16. The Hall–Kier alpha value is -3.22. The van der Waals surface area contributed by atoms with Crippen molar-refractivity contribution in [2.45, 2.75) is 20.4 Å². The largest absolute Gasteiger partial charge is 0.350 e. The lowest BCUT2D eigenvalue weighted by atomic mass is 10.1. The Balaban J connectivity index is 1.89. The molecule has 2 amide bonds. The molecule has 0 unspecified atom stereocenters. The lowest BCUT2D eigenvalue weighted by molar-refractivity contribution is -0.385. The molecule has 2 rings (SSSR count). The van der Waals surface area contributed by atoms with Crippen LogP contribution in [0, 0.1) is 24.0 Å². The van der Waals surface area contributed by atoms with Crippen LogP contribution in [0.2, 0.25) is 0 Å². The first-order chi connectivity index (χ1) is 11.9. The molecule has 7 nitrogen and oxygen atoms in total. The van der Waals surface area contributed by atoms with Crippen molar-refractivity contribution in [1.82, 2.24) is 10.6 Å². The van der Waals surface area contributed by atoms with Crippen LogP contribution in [0.15, 0.2) is 42.5 Å². The first-order valence-electron chi connectivity index (χ1n) is 7.72. The fourth-order valence-corrected chi connectivity index (χ4v) is 2.46. The van der Waals surface area contributed by atoms with E-state index < -0.39 is 10.8 Å².